The molecule has 3 rings (SSSR count). The van der Waals surface area contributed by atoms with Crippen LogP contribution in [0.3, 0.4) is 0 Å². The van der Waals surface area contributed by atoms with Crippen LogP contribution < -0.4 is 0 Å². The van der Waals surface area contributed by atoms with Gasteiger partial charge in [-0.05, 0) is 45.7 Å². The second kappa shape index (κ2) is 8.27. The first kappa shape index (κ1) is 20.3. The highest BCUT2D eigenvalue weighted by Gasteiger charge is 2.40. The maximum Gasteiger partial charge on any atom is 0.178 e. The first-order valence-electron chi connectivity index (χ1n) is 9.34. The molecule has 0 unspecified atom stereocenters. The molecule has 5 nitrogen and oxygen atoms in total. The minimum absolute atomic E-state index is 0.0211. The van der Waals surface area contributed by atoms with Gasteiger partial charge < -0.3 is 14.2 Å². The van der Waals surface area contributed by atoms with Crippen molar-refractivity contribution in [2.45, 2.75) is 62.6 Å². The SMILES string of the molecule is CC1=CCO[C@H](/C=C/[C@@H]2OC(C)(C)O[C@H]2CCS(=O)(=O)c2ccccc2)C1. The maximum atomic E-state index is 12.6. The van der Waals surface area contributed by atoms with E-state index in [0.717, 1.165) is 6.42 Å². The van der Waals surface area contributed by atoms with Crippen LogP contribution in [0, 0.1) is 0 Å². The lowest BCUT2D eigenvalue weighted by atomic mass is 10.0. The van der Waals surface area contributed by atoms with Gasteiger partial charge in [-0.25, -0.2) is 8.42 Å². The molecular formula is C21H28O5S. The van der Waals surface area contributed by atoms with Gasteiger partial charge >= 0.3 is 0 Å². The minimum atomic E-state index is -3.34. The quantitative estimate of drug-likeness (QED) is 0.692. The number of rotatable bonds is 6. The fraction of sp³-hybridized carbons (Fsp3) is 0.524. The molecule has 0 radical (unpaired) electrons. The average molecular weight is 393 g/mol. The van der Waals surface area contributed by atoms with E-state index in [1.54, 1.807) is 30.3 Å². The van der Waals surface area contributed by atoms with Gasteiger partial charge in [0.05, 0.1) is 29.5 Å². The lowest BCUT2D eigenvalue weighted by molar-refractivity contribution is -0.143. The molecule has 6 heteroatoms. The summed E-state index contributed by atoms with van der Waals surface area (Å²) in [6.45, 7) is 6.42. The van der Waals surface area contributed by atoms with Crippen LogP contribution in [0.1, 0.15) is 33.6 Å². The van der Waals surface area contributed by atoms with Crippen LogP contribution in [0.2, 0.25) is 0 Å². The second-order valence-electron chi connectivity index (χ2n) is 7.57. The Kier molecular flexibility index (Phi) is 6.21. The van der Waals surface area contributed by atoms with Crippen molar-refractivity contribution in [1.29, 1.82) is 0 Å². The first-order valence-corrected chi connectivity index (χ1v) is 11.0. The molecule has 2 aliphatic rings. The third-order valence-electron chi connectivity index (χ3n) is 4.78. The van der Waals surface area contributed by atoms with Gasteiger partial charge in [-0.3, -0.25) is 0 Å². The molecule has 0 bridgehead atoms. The lowest BCUT2D eigenvalue weighted by Crippen LogP contribution is -2.25. The predicted molar refractivity (Wildman–Crippen MR) is 104 cm³/mol. The molecule has 0 saturated carbocycles. The fourth-order valence-electron chi connectivity index (χ4n) is 3.40. The van der Waals surface area contributed by atoms with E-state index in [9.17, 15) is 8.42 Å². The van der Waals surface area contributed by atoms with Crippen molar-refractivity contribution in [3.05, 3.63) is 54.1 Å². The molecular weight excluding hydrogens is 364 g/mol. The molecule has 0 aliphatic carbocycles. The Morgan fingerprint density at radius 1 is 1.15 bits per heavy atom. The number of benzene rings is 1. The molecule has 1 fully saturated rings. The van der Waals surface area contributed by atoms with Crippen molar-refractivity contribution >= 4 is 9.84 Å². The third-order valence-corrected chi connectivity index (χ3v) is 6.54. The summed E-state index contributed by atoms with van der Waals surface area (Å²) < 4.78 is 42.8. The van der Waals surface area contributed by atoms with Crippen LogP contribution in [-0.2, 0) is 24.0 Å². The molecule has 2 heterocycles. The zero-order valence-electron chi connectivity index (χ0n) is 16.1. The molecule has 2 aliphatic heterocycles. The third kappa shape index (κ3) is 5.51. The molecule has 1 aromatic carbocycles. The molecule has 0 N–H and O–H groups in total. The Morgan fingerprint density at radius 3 is 2.59 bits per heavy atom. The summed E-state index contributed by atoms with van der Waals surface area (Å²) in [4.78, 5) is 0.341. The van der Waals surface area contributed by atoms with E-state index in [-0.39, 0.29) is 24.1 Å². The summed E-state index contributed by atoms with van der Waals surface area (Å²) in [5.74, 6) is -0.716. The molecule has 0 amide bonds. The van der Waals surface area contributed by atoms with E-state index in [4.69, 9.17) is 14.2 Å². The fourth-order valence-corrected chi connectivity index (χ4v) is 4.75. The molecule has 1 aromatic rings. The van der Waals surface area contributed by atoms with E-state index in [0.29, 0.717) is 17.9 Å². The Labute approximate surface area is 161 Å². The van der Waals surface area contributed by atoms with Crippen LogP contribution in [-0.4, -0.2) is 44.9 Å². The van der Waals surface area contributed by atoms with Gasteiger partial charge in [0, 0.05) is 0 Å². The lowest BCUT2D eigenvalue weighted by Gasteiger charge is -2.20. The van der Waals surface area contributed by atoms with Crippen molar-refractivity contribution in [2.24, 2.45) is 0 Å². The summed E-state index contributed by atoms with van der Waals surface area (Å²) in [6, 6.07) is 8.52. The highest BCUT2D eigenvalue weighted by atomic mass is 32.2. The zero-order chi connectivity index (χ0) is 19.5. The smallest absolute Gasteiger partial charge is 0.178 e. The van der Waals surface area contributed by atoms with Crippen LogP contribution in [0.25, 0.3) is 0 Å². The number of hydrogen-bond acceptors (Lipinski definition) is 5. The van der Waals surface area contributed by atoms with Crippen molar-refractivity contribution in [3.8, 4) is 0 Å². The van der Waals surface area contributed by atoms with E-state index in [1.807, 2.05) is 26.0 Å². The van der Waals surface area contributed by atoms with Crippen molar-refractivity contribution in [3.63, 3.8) is 0 Å². The Hall–Kier alpha value is -1.47. The van der Waals surface area contributed by atoms with Crippen LogP contribution in [0.5, 0.6) is 0 Å². The summed E-state index contributed by atoms with van der Waals surface area (Å²) in [5, 5.41) is 0. The van der Waals surface area contributed by atoms with Gasteiger partial charge in [-0.1, -0.05) is 42.0 Å². The largest absolute Gasteiger partial charge is 0.370 e. The van der Waals surface area contributed by atoms with Gasteiger partial charge in [-0.2, -0.15) is 0 Å². The first-order chi connectivity index (χ1) is 12.8. The predicted octanol–water partition coefficient (Wildman–Crippen LogP) is 3.66. The summed E-state index contributed by atoms with van der Waals surface area (Å²) >= 11 is 0. The van der Waals surface area contributed by atoms with E-state index >= 15 is 0 Å². The molecule has 0 spiro atoms. The van der Waals surface area contributed by atoms with Gasteiger partial charge in [0.1, 0.15) is 6.10 Å². The van der Waals surface area contributed by atoms with Crippen molar-refractivity contribution in [1.82, 2.24) is 0 Å². The van der Waals surface area contributed by atoms with Gasteiger partial charge in [0.25, 0.3) is 0 Å². The topological polar surface area (TPSA) is 61.8 Å². The standard InChI is InChI=1S/C21H28O5S/c1-16-11-13-24-17(15-16)9-10-19-20(26-21(2,3)25-19)12-14-27(22,23)18-7-5-4-6-8-18/h4-11,17,19-20H,12-15H2,1-3H3/b10-9+/t17-,19+,20+/m1/s1. The van der Waals surface area contributed by atoms with Crippen molar-refractivity contribution in [2.75, 3.05) is 12.4 Å². The highest BCUT2D eigenvalue weighted by molar-refractivity contribution is 7.91. The van der Waals surface area contributed by atoms with E-state index in [2.05, 4.69) is 13.0 Å². The summed E-state index contributed by atoms with van der Waals surface area (Å²) in [6.07, 6.45) is 6.70. The second-order valence-corrected chi connectivity index (χ2v) is 9.68. The van der Waals surface area contributed by atoms with Gasteiger partial charge in [0.2, 0.25) is 0 Å². The van der Waals surface area contributed by atoms with Gasteiger partial charge in [-0.15, -0.1) is 0 Å². The average Bonchev–Trinajstić information content (AvgIpc) is 2.93. The number of hydrogen-bond donors (Lipinski definition) is 0. The Balaban J connectivity index is 1.65. The number of ether oxygens (including phenoxy) is 3. The molecule has 148 valence electrons. The van der Waals surface area contributed by atoms with E-state index < -0.39 is 15.6 Å². The molecule has 1 saturated heterocycles. The van der Waals surface area contributed by atoms with Crippen LogP contribution in [0.15, 0.2) is 59.0 Å². The highest BCUT2D eigenvalue weighted by Crippen LogP contribution is 2.32. The van der Waals surface area contributed by atoms with Crippen molar-refractivity contribution < 1.29 is 22.6 Å². The van der Waals surface area contributed by atoms with E-state index in [1.165, 1.54) is 5.57 Å². The molecule has 27 heavy (non-hydrogen) atoms. The maximum absolute atomic E-state index is 12.6. The zero-order valence-corrected chi connectivity index (χ0v) is 16.9. The Morgan fingerprint density at radius 2 is 1.89 bits per heavy atom. The normalized spacial score (nSPS) is 28.4. The molecule has 3 atom stereocenters. The minimum Gasteiger partial charge on any atom is -0.370 e. The Bertz CT molecular complexity index is 795. The van der Waals surface area contributed by atoms with Crippen LogP contribution >= 0.6 is 0 Å². The van der Waals surface area contributed by atoms with Crippen LogP contribution in [0.4, 0.5) is 0 Å². The summed E-state index contributed by atoms with van der Waals surface area (Å²) in [7, 11) is -3.34. The summed E-state index contributed by atoms with van der Waals surface area (Å²) in [5.41, 5.74) is 1.31. The van der Waals surface area contributed by atoms with Gasteiger partial charge in [0.15, 0.2) is 15.6 Å². The number of sulfone groups is 1. The monoisotopic (exact) mass is 392 g/mol. The molecule has 0 aromatic heterocycles.